The standard InChI is InChI=1S/C12H24N2O2/c1-9(13)10-6-5-7-14(8-10)11(15)16-12(2,3)4/h9-10H,5-8,13H2,1-4H3/t9-,10-/m0/s1. The molecule has 2 N–H and O–H groups in total. The average Bonchev–Trinajstić information content (AvgIpc) is 2.15. The van der Waals surface area contributed by atoms with Crippen LogP contribution in [0.4, 0.5) is 4.79 Å². The van der Waals surface area contributed by atoms with Gasteiger partial charge in [-0.1, -0.05) is 0 Å². The molecule has 1 saturated heterocycles. The van der Waals surface area contributed by atoms with Crippen molar-refractivity contribution in [3.8, 4) is 0 Å². The fourth-order valence-electron chi connectivity index (χ4n) is 1.93. The van der Waals surface area contributed by atoms with Crippen LogP contribution in [0, 0.1) is 5.92 Å². The predicted molar refractivity (Wildman–Crippen MR) is 64.2 cm³/mol. The van der Waals surface area contributed by atoms with Gasteiger partial charge in [-0.15, -0.1) is 0 Å². The first-order valence-corrected chi connectivity index (χ1v) is 6.03. The number of carbonyl (C=O) groups is 1. The van der Waals surface area contributed by atoms with Gasteiger partial charge in [0.15, 0.2) is 0 Å². The molecule has 0 radical (unpaired) electrons. The molecule has 0 bridgehead atoms. The highest BCUT2D eigenvalue weighted by Gasteiger charge is 2.28. The highest BCUT2D eigenvalue weighted by atomic mass is 16.6. The average molecular weight is 228 g/mol. The van der Waals surface area contributed by atoms with Gasteiger partial charge >= 0.3 is 6.09 Å². The normalized spacial score (nSPS) is 24.1. The van der Waals surface area contributed by atoms with Crippen molar-refractivity contribution in [1.82, 2.24) is 4.90 Å². The van der Waals surface area contributed by atoms with E-state index in [4.69, 9.17) is 10.5 Å². The van der Waals surface area contributed by atoms with Gasteiger partial charge in [0.1, 0.15) is 5.60 Å². The summed E-state index contributed by atoms with van der Waals surface area (Å²) in [6.07, 6.45) is 1.92. The first kappa shape index (κ1) is 13.3. The Labute approximate surface area is 98.1 Å². The van der Waals surface area contributed by atoms with E-state index < -0.39 is 5.60 Å². The highest BCUT2D eigenvalue weighted by Crippen LogP contribution is 2.20. The van der Waals surface area contributed by atoms with Crippen LogP contribution < -0.4 is 5.73 Å². The van der Waals surface area contributed by atoms with Crippen LogP contribution >= 0.6 is 0 Å². The lowest BCUT2D eigenvalue weighted by molar-refractivity contribution is 0.0156. The van der Waals surface area contributed by atoms with Crippen molar-refractivity contribution in [2.75, 3.05) is 13.1 Å². The fraction of sp³-hybridized carbons (Fsp3) is 0.917. The minimum absolute atomic E-state index is 0.144. The predicted octanol–water partition coefficient (Wildman–Crippen LogP) is 1.98. The molecule has 0 aliphatic carbocycles. The molecule has 2 atom stereocenters. The lowest BCUT2D eigenvalue weighted by atomic mass is 9.92. The number of amides is 1. The molecule has 0 aromatic rings. The molecule has 16 heavy (non-hydrogen) atoms. The van der Waals surface area contributed by atoms with E-state index in [-0.39, 0.29) is 12.1 Å². The summed E-state index contributed by atoms with van der Waals surface area (Å²) in [5, 5.41) is 0. The molecule has 4 nitrogen and oxygen atoms in total. The number of nitrogens with zero attached hydrogens (tertiary/aromatic N) is 1. The van der Waals surface area contributed by atoms with Crippen molar-refractivity contribution >= 4 is 6.09 Å². The van der Waals surface area contributed by atoms with Crippen molar-refractivity contribution in [2.45, 2.75) is 52.2 Å². The van der Waals surface area contributed by atoms with Gasteiger partial charge in [0.05, 0.1) is 0 Å². The molecule has 0 aromatic heterocycles. The number of nitrogens with two attached hydrogens (primary N) is 1. The summed E-state index contributed by atoms with van der Waals surface area (Å²) in [6.45, 7) is 9.18. The smallest absolute Gasteiger partial charge is 0.410 e. The third-order valence-corrected chi connectivity index (χ3v) is 2.85. The second-order valence-electron chi connectivity index (χ2n) is 5.69. The summed E-state index contributed by atoms with van der Waals surface area (Å²) in [4.78, 5) is 13.6. The number of hydrogen-bond acceptors (Lipinski definition) is 3. The Balaban J connectivity index is 2.50. The Morgan fingerprint density at radius 1 is 1.50 bits per heavy atom. The SMILES string of the molecule is C[C@H](N)[C@H]1CCCN(C(=O)OC(C)(C)C)C1. The molecule has 0 spiro atoms. The Morgan fingerprint density at radius 3 is 2.62 bits per heavy atom. The zero-order chi connectivity index (χ0) is 12.3. The maximum absolute atomic E-state index is 11.8. The zero-order valence-corrected chi connectivity index (χ0v) is 10.8. The minimum atomic E-state index is -0.418. The van der Waals surface area contributed by atoms with E-state index in [0.29, 0.717) is 5.92 Å². The van der Waals surface area contributed by atoms with E-state index in [1.165, 1.54) is 0 Å². The largest absolute Gasteiger partial charge is 0.444 e. The molecule has 0 aromatic carbocycles. The highest BCUT2D eigenvalue weighted by molar-refractivity contribution is 5.68. The molecule has 0 unspecified atom stereocenters. The summed E-state index contributed by atoms with van der Waals surface area (Å²) >= 11 is 0. The number of likely N-dealkylation sites (tertiary alicyclic amines) is 1. The van der Waals surface area contributed by atoms with Crippen molar-refractivity contribution < 1.29 is 9.53 Å². The summed E-state index contributed by atoms with van der Waals surface area (Å²) < 4.78 is 5.35. The quantitative estimate of drug-likeness (QED) is 0.746. The first-order valence-electron chi connectivity index (χ1n) is 6.03. The van der Waals surface area contributed by atoms with Gasteiger partial charge in [-0.2, -0.15) is 0 Å². The van der Waals surface area contributed by atoms with E-state index in [0.717, 1.165) is 25.9 Å². The molecule has 1 fully saturated rings. The summed E-state index contributed by atoms with van der Waals surface area (Å²) in [7, 11) is 0. The van der Waals surface area contributed by atoms with Crippen LogP contribution in [0.2, 0.25) is 0 Å². The number of hydrogen-bond donors (Lipinski definition) is 1. The number of ether oxygens (including phenoxy) is 1. The molecule has 1 amide bonds. The van der Waals surface area contributed by atoms with Crippen LogP contribution in [0.1, 0.15) is 40.5 Å². The van der Waals surface area contributed by atoms with Gasteiger partial charge in [-0.25, -0.2) is 4.79 Å². The summed E-state index contributed by atoms with van der Waals surface area (Å²) in [5.41, 5.74) is 5.46. The molecule has 4 heteroatoms. The molecule has 1 aliphatic rings. The van der Waals surface area contributed by atoms with E-state index in [1.54, 1.807) is 4.90 Å². The maximum Gasteiger partial charge on any atom is 0.410 e. The van der Waals surface area contributed by atoms with E-state index >= 15 is 0 Å². The van der Waals surface area contributed by atoms with Crippen LogP contribution in [0.25, 0.3) is 0 Å². The summed E-state index contributed by atoms with van der Waals surface area (Å²) in [5.74, 6) is 0.404. The molecule has 1 heterocycles. The van der Waals surface area contributed by atoms with Crippen LogP contribution in [0.5, 0.6) is 0 Å². The molecule has 1 aliphatic heterocycles. The Hall–Kier alpha value is -0.770. The van der Waals surface area contributed by atoms with Crippen molar-refractivity contribution in [1.29, 1.82) is 0 Å². The molecular formula is C12H24N2O2. The summed E-state index contributed by atoms with van der Waals surface area (Å²) in [6, 6.07) is 0.144. The van der Waals surface area contributed by atoms with E-state index in [9.17, 15) is 4.79 Å². The number of carbonyl (C=O) groups excluding carboxylic acids is 1. The van der Waals surface area contributed by atoms with Crippen molar-refractivity contribution in [3.05, 3.63) is 0 Å². The first-order chi connectivity index (χ1) is 7.29. The number of piperidine rings is 1. The van der Waals surface area contributed by atoms with Crippen LogP contribution in [-0.2, 0) is 4.74 Å². The van der Waals surface area contributed by atoms with Gasteiger partial charge in [0, 0.05) is 19.1 Å². The lowest BCUT2D eigenvalue weighted by Crippen LogP contribution is -2.46. The maximum atomic E-state index is 11.8. The topological polar surface area (TPSA) is 55.6 Å². The second-order valence-corrected chi connectivity index (χ2v) is 5.69. The Morgan fingerprint density at radius 2 is 2.12 bits per heavy atom. The van der Waals surface area contributed by atoms with Crippen molar-refractivity contribution in [3.63, 3.8) is 0 Å². The number of rotatable bonds is 1. The Kier molecular flexibility index (Phi) is 4.19. The van der Waals surface area contributed by atoms with Gasteiger partial charge in [-0.05, 0) is 46.5 Å². The monoisotopic (exact) mass is 228 g/mol. The zero-order valence-electron chi connectivity index (χ0n) is 10.8. The second kappa shape index (κ2) is 5.04. The van der Waals surface area contributed by atoms with E-state index in [1.807, 2.05) is 27.7 Å². The minimum Gasteiger partial charge on any atom is -0.444 e. The molecule has 1 rings (SSSR count). The third kappa shape index (κ3) is 4.00. The Bertz CT molecular complexity index is 246. The van der Waals surface area contributed by atoms with E-state index in [2.05, 4.69) is 0 Å². The lowest BCUT2D eigenvalue weighted by Gasteiger charge is -2.35. The van der Waals surface area contributed by atoms with Crippen LogP contribution in [0.15, 0.2) is 0 Å². The van der Waals surface area contributed by atoms with Crippen LogP contribution in [0.3, 0.4) is 0 Å². The molecular weight excluding hydrogens is 204 g/mol. The van der Waals surface area contributed by atoms with Crippen LogP contribution in [-0.4, -0.2) is 35.7 Å². The third-order valence-electron chi connectivity index (χ3n) is 2.85. The van der Waals surface area contributed by atoms with Crippen molar-refractivity contribution in [2.24, 2.45) is 11.7 Å². The van der Waals surface area contributed by atoms with Gasteiger partial charge in [0.2, 0.25) is 0 Å². The fourth-order valence-corrected chi connectivity index (χ4v) is 1.93. The van der Waals surface area contributed by atoms with Gasteiger partial charge in [0.25, 0.3) is 0 Å². The molecule has 0 saturated carbocycles. The van der Waals surface area contributed by atoms with Gasteiger partial charge in [-0.3, -0.25) is 0 Å². The molecule has 94 valence electrons. The van der Waals surface area contributed by atoms with Gasteiger partial charge < -0.3 is 15.4 Å².